The van der Waals surface area contributed by atoms with Crippen molar-refractivity contribution in [3.05, 3.63) is 53.7 Å². The highest BCUT2D eigenvalue weighted by Gasteiger charge is 2.15. The van der Waals surface area contributed by atoms with Crippen molar-refractivity contribution in [1.82, 2.24) is 15.2 Å². The number of anilines is 1. The van der Waals surface area contributed by atoms with Gasteiger partial charge in [-0.1, -0.05) is 18.2 Å². The van der Waals surface area contributed by atoms with E-state index in [1.165, 1.54) is 11.1 Å². The fourth-order valence-corrected chi connectivity index (χ4v) is 2.23. The zero-order valence-corrected chi connectivity index (χ0v) is 11.5. The Morgan fingerprint density at radius 3 is 2.60 bits per heavy atom. The van der Waals surface area contributed by atoms with Crippen molar-refractivity contribution in [1.29, 1.82) is 0 Å². The highest BCUT2D eigenvalue weighted by atomic mass is 15.2. The van der Waals surface area contributed by atoms with Gasteiger partial charge in [0, 0.05) is 11.8 Å². The molecule has 3 N–H and O–H groups in total. The quantitative estimate of drug-likeness (QED) is 0.746. The molecule has 3 rings (SSSR count). The number of nitrogens with zero attached hydrogens (tertiary/aromatic N) is 2. The van der Waals surface area contributed by atoms with Crippen LogP contribution in [0, 0.1) is 13.8 Å². The third-order valence-corrected chi connectivity index (χ3v) is 3.51. The van der Waals surface area contributed by atoms with Gasteiger partial charge in [0.05, 0.1) is 17.0 Å². The van der Waals surface area contributed by atoms with Crippen molar-refractivity contribution >= 4 is 5.82 Å². The zero-order valence-electron chi connectivity index (χ0n) is 11.5. The summed E-state index contributed by atoms with van der Waals surface area (Å²) < 4.78 is 0. The summed E-state index contributed by atoms with van der Waals surface area (Å²) >= 11 is 0. The molecule has 0 aliphatic carbocycles. The Labute approximate surface area is 117 Å². The topological polar surface area (TPSA) is 67.6 Å². The molecular weight excluding hydrogens is 248 g/mol. The maximum absolute atomic E-state index is 6.00. The molecule has 0 aliphatic heterocycles. The Kier molecular flexibility index (Phi) is 2.99. The van der Waals surface area contributed by atoms with Crippen molar-refractivity contribution in [2.24, 2.45) is 0 Å². The molecule has 1 aromatic carbocycles. The molecule has 0 aliphatic rings. The lowest BCUT2D eigenvalue weighted by Crippen LogP contribution is -1.91. The monoisotopic (exact) mass is 264 g/mol. The van der Waals surface area contributed by atoms with E-state index in [0.29, 0.717) is 5.82 Å². The molecule has 3 aromatic rings. The molecule has 4 heteroatoms. The number of nitrogen functional groups attached to an aromatic ring is 1. The maximum atomic E-state index is 6.00. The molecule has 2 heterocycles. The van der Waals surface area contributed by atoms with E-state index < -0.39 is 0 Å². The molecule has 0 spiro atoms. The zero-order chi connectivity index (χ0) is 14.1. The minimum absolute atomic E-state index is 0.469. The van der Waals surface area contributed by atoms with Crippen LogP contribution in [-0.2, 0) is 0 Å². The summed E-state index contributed by atoms with van der Waals surface area (Å²) in [6.45, 7) is 4.19. The van der Waals surface area contributed by atoms with Crippen LogP contribution in [0.1, 0.15) is 11.1 Å². The molecule has 0 atom stereocenters. The van der Waals surface area contributed by atoms with E-state index in [4.69, 9.17) is 5.73 Å². The first-order chi connectivity index (χ1) is 9.66. The molecule has 0 unspecified atom stereocenters. The Hall–Kier alpha value is -2.62. The summed E-state index contributed by atoms with van der Waals surface area (Å²) in [7, 11) is 0. The van der Waals surface area contributed by atoms with Crippen LogP contribution < -0.4 is 5.73 Å². The largest absolute Gasteiger partial charge is 0.382 e. The number of hydrogen-bond donors (Lipinski definition) is 2. The van der Waals surface area contributed by atoms with Crippen molar-refractivity contribution in [3.8, 4) is 22.5 Å². The number of aromatic nitrogens is 3. The SMILES string of the molecule is Cc1ccc(-c2[nH]nc(N)c2-c2ccccn2)cc1C. The lowest BCUT2D eigenvalue weighted by molar-refractivity contribution is 1.10. The number of H-pyrrole nitrogens is 1. The minimum atomic E-state index is 0.469. The fourth-order valence-electron chi connectivity index (χ4n) is 2.23. The van der Waals surface area contributed by atoms with Gasteiger partial charge in [0.2, 0.25) is 0 Å². The van der Waals surface area contributed by atoms with E-state index >= 15 is 0 Å². The van der Waals surface area contributed by atoms with Crippen LogP contribution in [0.25, 0.3) is 22.5 Å². The van der Waals surface area contributed by atoms with Gasteiger partial charge >= 0.3 is 0 Å². The van der Waals surface area contributed by atoms with Crippen LogP contribution >= 0.6 is 0 Å². The number of hydrogen-bond acceptors (Lipinski definition) is 3. The first-order valence-corrected chi connectivity index (χ1v) is 6.49. The van der Waals surface area contributed by atoms with E-state index in [-0.39, 0.29) is 0 Å². The Balaban J connectivity index is 2.18. The van der Waals surface area contributed by atoms with Gasteiger partial charge in [-0.25, -0.2) is 0 Å². The standard InChI is InChI=1S/C16H16N4/c1-10-6-7-12(9-11(10)2)15-14(16(17)20-19-15)13-5-3-4-8-18-13/h3-9H,1-2H3,(H3,17,19,20). The van der Waals surface area contributed by atoms with E-state index in [1.807, 2.05) is 18.2 Å². The van der Waals surface area contributed by atoms with E-state index in [0.717, 1.165) is 22.5 Å². The maximum Gasteiger partial charge on any atom is 0.155 e. The van der Waals surface area contributed by atoms with E-state index in [2.05, 4.69) is 47.2 Å². The van der Waals surface area contributed by atoms with Crippen LogP contribution in [0.15, 0.2) is 42.6 Å². The van der Waals surface area contributed by atoms with Gasteiger partial charge in [0.15, 0.2) is 5.82 Å². The van der Waals surface area contributed by atoms with Crippen molar-refractivity contribution in [3.63, 3.8) is 0 Å². The summed E-state index contributed by atoms with van der Waals surface area (Å²) in [5.41, 5.74) is 12.2. The Morgan fingerprint density at radius 1 is 1.05 bits per heavy atom. The lowest BCUT2D eigenvalue weighted by Gasteiger charge is -2.06. The van der Waals surface area contributed by atoms with Gasteiger partial charge in [-0.05, 0) is 43.2 Å². The second-order valence-electron chi connectivity index (χ2n) is 4.87. The number of aromatic amines is 1. The molecule has 100 valence electrons. The fraction of sp³-hybridized carbons (Fsp3) is 0.125. The van der Waals surface area contributed by atoms with Gasteiger partial charge in [-0.15, -0.1) is 0 Å². The molecule has 0 radical (unpaired) electrons. The molecule has 0 bridgehead atoms. The van der Waals surface area contributed by atoms with Crippen molar-refractivity contribution in [2.75, 3.05) is 5.73 Å². The third-order valence-electron chi connectivity index (χ3n) is 3.51. The van der Waals surface area contributed by atoms with Crippen LogP contribution in [0.4, 0.5) is 5.82 Å². The van der Waals surface area contributed by atoms with Gasteiger partial charge in [-0.3, -0.25) is 10.1 Å². The number of aryl methyl sites for hydroxylation is 2. The van der Waals surface area contributed by atoms with Gasteiger partial charge in [-0.2, -0.15) is 5.10 Å². The highest BCUT2D eigenvalue weighted by Crippen LogP contribution is 2.33. The number of nitrogens with one attached hydrogen (secondary N) is 1. The first-order valence-electron chi connectivity index (χ1n) is 6.49. The smallest absolute Gasteiger partial charge is 0.155 e. The predicted octanol–water partition coefficient (Wildman–Crippen LogP) is 3.34. The molecule has 0 amide bonds. The summed E-state index contributed by atoms with van der Waals surface area (Å²) in [5, 5.41) is 7.15. The molecule has 20 heavy (non-hydrogen) atoms. The third kappa shape index (κ3) is 2.05. The molecule has 0 saturated heterocycles. The van der Waals surface area contributed by atoms with Crippen LogP contribution in [-0.4, -0.2) is 15.2 Å². The molecule has 0 fully saturated rings. The minimum Gasteiger partial charge on any atom is -0.382 e. The second kappa shape index (κ2) is 4.81. The normalized spacial score (nSPS) is 10.7. The Bertz CT molecular complexity index is 744. The lowest BCUT2D eigenvalue weighted by atomic mass is 10.0. The highest BCUT2D eigenvalue weighted by molar-refractivity contribution is 5.86. The molecule has 4 nitrogen and oxygen atoms in total. The summed E-state index contributed by atoms with van der Waals surface area (Å²) in [6.07, 6.45) is 1.76. The summed E-state index contributed by atoms with van der Waals surface area (Å²) in [5.74, 6) is 0.469. The van der Waals surface area contributed by atoms with Crippen molar-refractivity contribution in [2.45, 2.75) is 13.8 Å². The number of benzene rings is 1. The van der Waals surface area contributed by atoms with Crippen LogP contribution in [0.2, 0.25) is 0 Å². The van der Waals surface area contributed by atoms with Crippen LogP contribution in [0.5, 0.6) is 0 Å². The van der Waals surface area contributed by atoms with Gasteiger partial charge < -0.3 is 5.73 Å². The summed E-state index contributed by atoms with van der Waals surface area (Å²) in [6, 6.07) is 12.1. The van der Waals surface area contributed by atoms with Gasteiger partial charge in [0.25, 0.3) is 0 Å². The Morgan fingerprint density at radius 2 is 1.90 bits per heavy atom. The number of pyridine rings is 1. The average molecular weight is 264 g/mol. The molecule has 2 aromatic heterocycles. The second-order valence-corrected chi connectivity index (χ2v) is 4.87. The van der Waals surface area contributed by atoms with Crippen LogP contribution in [0.3, 0.4) is 0 Å². The van der Waals surface area contributed by atoms with E-state index in [9.17, 15) is 0 Å². The average Bonchev–Trinajstić information content (AvgIpc) is 2.85. The van der Waals surface area contributed by atoms with Crippen molar-refractivity contribution < 1.29 is 0 Å². The number of nitrogens with two attached hydrogens (primary N) is 1. The molecular formula is C16H16N4. The first kappa shape index (κ1) is 12.4. The predicted molar refractivity (Wildman–Crippen MR) is 81.1 cm³/mol. The summed E-state index contributed by atoms with van der Waals surface area (Å²) in [4.78, 5) is 4.37. The van der Waals surface area contributed by atoms with Gasteiger partial charge in [0.1, 0.15) is 0 Å². The molecule has 0 saturated carbocycles. The number of rotatable bonds is 2. The van der Waals surface area contributed by atoms with E-state index in [1.54, 1.807) is 6.20 Å².